The maximum Gasteiger partial charge on any atom is 0.338 e. The van der Waals surface area contributed by atoms with Gasteiger partial charge in [-0.3, -0.25) is 0 Å². The molecule has 8 heteroatoms. The highest BCUT2D eigenvalue weighted by atomic mass is 16.5. The van der Waals surface area contributed by atoms with Gasteiger partial charge in [-0.1, -0.05) is 0 Å². The minimum Gasteiger partial charge on any atom is -0.467 e. The lowest BCUT2D eigenvalue weighted by Gasteiger charge is -2.27. The van der Waals surface area contributed by atoms with Crippen molar-refractivity contribution >= 4 is 11.9 Å². The van der Waals surface area contributed by atoms with Crippen LogP contribution in [0, 0.1) is 0 Å². The fourth-order valence-electron chi connectivity index (χ4n) is 2.33. The molecule has 0 fully saturated rings. The number of carbonyl (C=O) groups is 1. The lowest BCUT2D eigenvalue weighted by Crippen LogP contribution is -2.31. The molecule has 8 nitrogen and oxygen atoms in total. The van der Waals surface area contributed by atoms with E-state index in [4.69, 9.17) is 13.9 Å². The summed E-state index contributed by atoms with van der Waals surface area (Å²) in [5.74, 6) is 0.602. The summed E-state index contributed by atoms with van der Waals surface area (Å²) < 4.78 is 17.1. The van der Waals surface area contributed by atoms with Gasteiger partial charge in [0, 0.05) is 7.11 Å². The number of fused-ring (bicyclic) bond motifs is 1. The number of carbonyl (C=O) groups excluding carboxylic acids is 1. The second-order valence-electron chi connectivity index (χ2n) is 4.39. The van der Waals surface area contributed by atoms with Gasteiger partial charge in [-0.05, 0) is 12.1 Å². The smallest absolute Gasteiger partial charge is 0.338 e. The maximum absolute atomic E-state index is 12.2. The van der Waals surface area contributed by atoms with Crippen molar-refractivity contribution in [1.29, 1.82) is 0 Å². The van der Waals surface area contributed by atoms with Gasteiger partial charge >= 0.3 is 5.97 Å². The van der Waals surface area contributed by atoms with E-state index in [1.165, 1.54) is 13.4 Å². The number of furan rings is 1. The Morgan fingerprint density at radius 1 is 1.52 bits per heavy atom. The molecule has 1 atom stereocenters. The number of esters is 1. The number of nitrogens with zero attached hydrogens (tertiary/aromatic N) is 3. The van der Waals surface area contributed by atoms with Gasteiger partial charge in [-0.25, -0.2) is 9.48 Å². The molecule has 110 valence electrons. The summed E-state index contributed by atoms with van der Waals surface area (Å²) in [6.07, 6.45) is 2.95. The third kappa shape index (κ3) is 2.19. The van der Waals surface area contributed by atoms with Gasteiger partial charge in [0.15, 0.2) is 0 Å². The van der Waals surface area contributed by atoms with Gasteiger partial charge in [0.1, 0.15) is 18.1 Å². The molecule has 2 aromatic heterocycles. The average Bonchev–Trinajstić information content (AvgIpc) is 3.16. The Morgan fingerprint density at radius 2 is 2.38 bits per heavy atom. The third-order valence-electron chi connectivity index (χ3n) is 3.19. The average molecular weight is 290 g/mol. The van der Waals surface area contributed by atoms with E-state index in [0.717, 1.165) is 0 Å². The Labute approximate surface area is 120 Å². The molecule has 0 spiro atoms. The summed E-state index contributed by atoms with van der Waals surface area (Å²) in [6.45, 7) is 0.217. The number of rotatable bonds is 4. The molecule has 3 heterocycles. The highest BCUT2D eigenvalue weighted by Crippen LogP contribution is 2.35. The number of anilines is 1. The van der Waals surface area contributed by atoms with E-state index in [0.29, 0.717) is 23.0 Å². The largest absolute Gasteiger partial charge is 0.467 e. The van der Waals surface area contributed by atoms with Crippen molar-refractivity contribution in [2.24, 2.45) is 0 Å². The van der Waals surface area contributed by atoms with Crippen LogP contribution in [-0.2, 0) is 14.3 Å². The van der Waals surface area contributed by atoms with Gasteiger partial charge in [0.2, 0.25) is 5.95 Å². The monoisotopic (exact) mass is 290 g/mol. The standard InChI is InChI=1S/C13H14N4O4/c1-19-6-8-10(12(18)20-2)11(9-4-3-5-21-9)17-13(16-8)14-7-15-17/h3-5,7,11H,6H2,1-2H3,(H,14,15,16)/t11-/m0/s1. The van der Waals surface area contributed by atoms with Crippen molar-refractivity contribution < 1.29 is 18.7 Å². The van der Waals surface area contributed by atoms with Gasteiger partial charge in [0.05, 0.1) is 31.2 Å². The molecule has 1 N–H and O–H groups in total. The van der Waals surface area contributed by atoms with E-state index >= 15 is 0 Å². The molecular weight excluding hydrogens is 276 g/mol. The number of hydrogen-bond donors (Lipinski definition) is 1. The van der Waals surface area contributed by atoms with E-state index in [-0.39, 0.29) is 6.61 Å². The van der Waals surface area contributed by atoms with Gasteiger partial charge in [0.25, 0.3) is 0 Å². The molecule has 0 saturated heterocycles. The van der Waals surface area contributed by atoms with Crippen molar-refractivity contribution in [2.75, 3.05) is 26.1 Å². The number of aromatic nitrogens is 3. The first-order valence-electron chi connectivity index (χ1n) is 6.26. The predicted octanol–water partition coefficient (Wildman–Crippen LogP) is 0.960. The summed E-state index contributed by atoms with van der Waals surface area (Å²) in [5.41, 5.74) is 0.957. The highest BCUT2D eigenvalue weighted by molar-refractivity contribution is 5.92. The second kappa shape index (κ2) is 5.41. The number of methoxy groups -OCH3 is 2. The normalized spacial score (nSPS) is 17.3. The van der Waals surface area contributed by atoms with Gasteiger partial charge < -0.3 is 19.2 Å². The fourth-order valence-corrected chi connectivity index (χ4v) is 2.33. The number of ether oxygens (including phenoxy) is 2. The number of hydrogen-bond acceptors (Lipinski definition) is 7. The fraction of sp³-hybridized carbons (Fsp3) is 0.308. The van der Waals surface area contributed by atoms with Crippen LogP contribution in [-0.4, -0.2) is 41.6 Å². The molecule has 0 unspecified atom stereocenters. The second-order valence-corrected chi connectivity index (χ2v) is 4.39. The summed E-state index contributed by atoms with van der Waals surface area (Å²) in [4.78, 5) is 16.3. The van der Waals surface area contributed by atoms with Crippen LogP contribution in [0.2, 0.25) is 0 Å². The summed E-state index contributed by atoms with van der Waals surface area (Å²) >= 11 is 0. The highest BCUT2D eigenvalue weighted by Gasteiger charge is 2.36. The zero-order valence-corrected chi connectivity index (χ0v) is 11.6. The third-order valence-corrected chi connectivity index (χ3v) is 3.19. The molecule has 0 radical (unpaired) electrons. The summed E-state index contributed by atoms with van der Waals surface area (Å²) in [7, 11) is 2.88. The minimum atomic E-state index is -0.545. The van der Waals surface area contributed by atoms with Crippen LogP contribution in [0.15, 0.2) is 40.4 Å². The van der Waals surface area contributed by atoms with E-state index in [2.05, 4.69) is 15.4 Å². The topological polar surface area (TPSA) is 91.4 Å². The summed E-state index contributed by atoms with van der Waals surface area (Å²) in [6, 6.07) is 2.98. The SMILES string of the molecule is COCC1=C(C(=O)OC)[C@H](c2ccco2)n2ncnc2N1. The molecule has 0 amide bonds. The molecular formula is C13H14N4O4. The van der Waals surface area contributed by atoms with Crippen LogP contribution >= 0.6 is 0 Å². The molecule has 3 rings (SSSR count). The molecule has 0 saturated carbocycles. The molecule has 1 aliphatic rings. The van der Waals surface area contributed by atoms with Crippen molar-refractivity contribution in [1.82, 2.24) is 14.8 Å². The van der Waals surface area contributed by atoms with Crippen molar-refractivity contribution in [3.05, 3.63) is 41.8 Å². The van der Waals surface area contributed by atoms with Crippen molar-refractivity contribution in [3.63, 3.8) is 0 Å². The molecule has 0 aromatic carbocycles. The van der Waals surface area contributed by atoms with E-state index in [1.807, 2.05) is 0 Å². The van der Waals surface area contributed by atoms with Crippen LogP contribution in [0.4, 0.5) is 5.95 Å². The Hall–Kier alpha value is -2.61. The van der Waals surface area contributed by atoms with Crippen LogP contribution < -0.4 is 5.32 Å². The van der Waals surface area contributed by atoms with E-state index in [1.54, 1.807) is 30.2 Å². The van der Waals surface area contributed by atoms with Gasteiger partial charge in [-0.15, -0.1) is 0 Å². The van der Waals surface area contributed by atoms with Crippen molar-refractivity contribution in [2.45, 2.75) is 6.04 Å². The van der Waals surface area contributed by atoms with E-state index in [9.17, 15) is 4.79 Å². The molecule has 21 heavy (non-hydrogen) atoms. The van der Waals surface area contributed by atoms with Crippen LogP contribution in [0.3, 0.4) is 0 Å². The Balaban J connectivity index is 2.17. The first-order chi connectivity index (χ1) is 10.3. The maximum atomic E-state index is 12.2. The zero-order chi connectivity index (χ0) is 14.8. The van der Waals surface area contributed by atoms with Crippen LogP contribution in [0.1, 0.15) is 11.8 Å². The Bertz CT molecular complexity index is 674. The number of nitrogens with one attached hydrogen (secondary N) is 1. The molecule has 1 aliphatic heterocycles. The molecule has 0 bridgehead atoms. The minimum absolute atomic E-state index is 0.217. The quantitative estimate of drug-likeness (QED) is 0.838. The predicted molar refractivity (Wildman–Crippen MR) is 71.4 cm³/mol. The first kappa shape index (κ1) is 13.4. The van der Waals surface area contributed by atoms with E-state index < -0.39 is 12.0 Å². The first-order valence-corrected chi connectivity index (χ1v) is 6.26. The Morgan fingerprint density at radius 3 is 3.05 bits per heavy atom. The lowest BCUT2D eigenvalue weighted by atomic mass is 10.0. The Kier molecular flexibility index (Phi) is 3.44. The molecule has 0 aliphatic carbocycles. The lowest BCUT2D eigenvalue weighted by molar-refractivity contribution is -0.136. The zero-order valence-electron chi connectivity index (χ0n) is 11.6. The molecule has 2 aromatic rings. The summed E-state index contributed by atoms with van der Waals surface area (Å²) in [5, 5.41) is 7.19. The van der Waals surface area contributed by atoms with Crippen molar-refractivity contribution in [3.8, 4) is 0 Å². The van der Waals surface area contributed by atoms with Gasteiger partial charge in [-0.2, -0.15) is 10.1 Å². The van der Waals surface area contributed by atoms with Crippen LogP contribution in [0.25, 0.3) is 0 Å². The van der Waals surface area contributed by atoms with Crippen LogP contribution in [0.5, 0.6) is 0 Å².